The molecule has 0 aromatic heterocycles. The molecule has 1 aromatic rings. The SMILES string of the molecule is CC(c1ccc(F)c(F)c1)N(C)C(=O)C1(C)CCCCN1. The van der Waals surface area contributed by atoms with Crippen molar-refractivity contribution < 1.29 is 13.6 Å². The minimum Gasteiger partial charge on any atom is -0.337 e. The summed E-state index contributed by atoms with van der Waals surface area (Å²) in [6.45, 7) is 4.55. The van der Waals surface area contributed by atoms with Crippen LogP contribution in [0, 0.1) is 11.6 Å². The summed E-state index contributed by atoms with van der Waals surface area (Å²) in [6.07, 6.45) is 2.88. The van der Waals surface area contributed by atoms with Crippen molar-refractivity contribution in [1.29, 1.82) is 0 Å². The molecule has 2 unspecified atom stereocenters. The number of benzene rings is 1. The summed E-state index contributed by atoms with van der Waals surface area (Å²) >= 11 is 0. The van der Waals surface area contributed by atoms with Crippen molar-refractivity contribution in [3.8, 4) is 0 Å². The third-order valence-electron chi connectivity index (χ3n) is 4.42. The standard InChI is InChI=1S/C16H22F2N2O/c1-11(12-6-7-13(17)14(18)10-12)20(3)15(21)16(2)8-4-5-9-19-16/h6-7,10-11,19H,4-5,8-9H2,1-3H3. The molecule has 1 heterocycles. The first-order valence-corrected chi connectivity index (χ1v) is 7.32. The van der Waals surface area contributed by atoms with Crippen LogP contribution < -0.4 is 5.32 Å². The molecule has 1 fully saturated rings. The first kappa shape index (κ1) is 15.9. The van der Waals surface area contributed by atoms with E-state index in [0.717, 1.165) is 37.9 Å². The van der Waals surface area contributed by atoms with E-state index in [0.29, 0.717) is 5.56 Å². The van der Waals surface area contributed by atoms with Gasteiger partial charge in [-0.25, -0.2) is 8.78 Å². The highest BCUT2D eigenvalue weighted by Crippen LogP contribution is 2.26. The smallest absolute Gasteiger partial charge is 0.242 e. The molecule has 0 aliphatic carbocycles. The fourth-order valence-electron chi connectivity index (χ4n) is 2.80. The van der Waals surface area contributed by atoms with Gasteiger partial charge in [0.05, 0.1) is 11.6 Å². The van der Waals surface area contributed by atoms with E-state index in [2.05, 4.69) is 5.32 Å². The van der Waals surface area contributed by atoms with Gasteiger partial charge in [-0.1, -0.05) is 6.07 Å². The summed E-state index contributed by atoms with van der Waals surface area (Å²) in [6, 6.07) is 3.46. The molecule has 5 heteroatoms. The highest BCUT2D eigenvalue weighted by Gasteiger charge is 2.37. The number of amides is 1. The number of nitrogens with zero attached hydrogens (tertiary/aromatic N) is 1. The Morgan fingerprint density at radius 2 is 2.05 bits per heavy atom. The molecule has 0 saturated carbocycles. The zero-order chi connectivity index (χ0) is 15.6. The van der Waals surface area contributed by atoms with E-state index in [1.165, 1.54) is 6.07 Å². The van der Waals surface area contributed by atoms with Crippen LogP contribution in [0.1, 0.15) is 44.7 Å². The van der Waals surface area contributed by atoms with Gasteiger partial charge in [-0.05, 0) is 57.4 Å². The third-order valence-corrected chi connectivity index (χ3v) is 4.42. The van der Waals surface area contributed by atoms with Gasteiger partial charge in [0.15, 0.2) is 11.6 Å². The van der Waals surface area contributed by atoms with E-state index in [1.807, 2.05) is 13.8 Å². The molecular formula is C16H22F2N2O. The van der Waals surface area contributed by atoms with E-state index in [-0.39, 0.29) is 11.9 Å². The first-order valence-electron chi connectivity index (χ1n) is 7.32. The Labute approximate surface area is 124 Å². The lowest BCUT2D eigenvalue weighted by Crippen LogP contribution is -2.57. The van der Waals surface area contributed by atoms with Crippen LogP contribution in [0.5, 0.6) is 0 Å². The molecule has 1 N–H and O–H groups in total. The molecule has 1 aromatic carbocycles. The fourth-order valence-corrected chi connectivity index (χ4v) is 2.80. The maximum atomic E-state index is 13.3. The molecule has 21 heavy (non-hydrogen) atoms. The average molecular weight is 296 g/mol. The van der Waals surface area contributed by atoms with Crippen molar-refractivity contribution in [2.24, 2.45) is 0 Å². The Hall–Kier alpha value is -1.49. The van der Waals surface area contributed by atoms with E-state index >= 15 is 0 Å². The van der Waals surface area contributed by atoms with Crippen molar-refractivity contribution in [2.45, 2.75) is 44.7 Å². The number of nitrogens with one attached hydrogen (secondary N) is 1. The lowest BCUT2D eigenvalue weighted by Gasteiger charge is -2.38. The zero-order valence-electron chi connectivity index (χ0n) is 12.7. The highest BCUT2D eigenvalue weighted by atomic mass is 19.2. The van der Waals surface area contributed by atoms with Gasteiger partial charge in [-0.3, -0.25) is 4.79 Å². The topological polar surface area (TPSA) is 32.3 Å². The van der Waals surface area contributed by atoms with Gasteiger partial charge >= 0.3 is 0 Å². The summed E-state index contributed by atoms with van der Waals surface area (Å²) in [5.74, 6) is -1.78. The maximum Gasteiger partial charge on any atom is 0.242 e. The number of hydrogen-bond donors (Lipinski definition) is 1. The van der Waals surface area contributed by atoms with Crippen molar-refractivity contribution >= 4 is 5.91 Å². The van der Waals surface area contributed by atoms with Crippen LogP contribution in [0.25, 0.3) is 0 Å². The molecule has 2 rings (SSSR count). The second kappa shape index (κ2) is 6.10. The fraction of sp³-hybridized carbons (Fsp3) is 0.562. The molecular weight excluding hydrogens is 274 g/mol. The van der Waals surface area contributed by atoms with Crippen LogP contribution in [0.15, 0.2) is 18.2 Å². The Balaban J connectivity index is 2.16. The van der Waals surface area contributed by atoms with Gasteiger partial charge < -0.3 is 10.2 Å². The largest absolute Gasteiger partial charge is 0.337 e. The molecule has 3 nitrogen and oxygen atoms in total. The van der Waals surface area contributed by atoms with Crippen LogP contribution in [-0.4, -0.2) is 29.9 Å². The molecule has 0 spiro atoms. The molecule has 0 bridgehead atoms. The number of carbonyl (C=O) groups excluding carboxylic acids is 1. The van der Waals surface area contributed by atoms with E-state index in [1.54, 1.807) is 11.9 Å². The monoisotopic (exact) mass is 296 g/mol. The normalized spacial score (nSPS) is 23.7. The van der Waals surface area contributed by atoms with Gasteiger partial charge in [0.25, 0.3) is 0 Å². The summed E-state index contributed by atoms with van der Waals surface area (Å²) in [5.41, 5.74) is 0.0176. The molecule has 2 atom stereocenters. The third kappa shape index (κ3) is 3.23. The predicted molar refractivity (Wildman–Crippen MR) is 77.8 cm³/mol. The number of piperidine rings is 1. The molecule has 1 aliphatic rings. The number of halogens is 2. The van der Waals surface area contributed by atoms with Crippen LogP contribution >= 0.6 is 0 Å². The molecule has 0 radical (unpaired) electrons. The van der Waals surface area contributed by atoms with Gasteiger partial charge in [0, 0.05) is 7.05 Å². The Bertz CT molecular complexity index is 527. The summed E-state index contributed by atoms with van der Waals surface area (Å²) < 4.78 is 26.4. The first-order chi connectivity index (χ1) is 9.85. The number of carbonyl (C=O) groups is 1. The van der Waals surface area contributed by atoms with Crippen molar-refractivity contribution in [2.75, 3.05) is 13.6 Å². The Morgan fingerprint density at radius 1 is 1.33 bits per heavy atom. The molecule has 1 amide bonds. The highest BCUT2D eigenvalue weighted by molar-refractivity contribution is 5.86. The quantitative estimate of drug-likeness (QED) is 0.930. The summed E-state index contributed by atoms with van der Waals surface area (Å²) in [4.78, 5) is 14.3. The van der Waals surface area contributed by atoms with Gasteiger partial charge in [-0.2, -0.15) is 0 Å². The maximum absolute atomic E-state index is 13.3. The minimum absolute atomic E-state index is 0.0144. The van der Waals surface area contributed by atoms with E-state index < -0.39 is 17.2 Å². The van der Waals surface area contributed by atoms with Crippen LogP contribution in [0.4, 0.5) is 8.78 Å². The van der Waals surface area contributed by atoms with Crippen LogP contribution in [-0.2, 0) is 4.79 Å². The lowest BCUT2D eigenvalue weighted by molar-refractivity contribution is -0.139. The number of likely N-dealkylation sites (N-methyl/N-ethyl adjacent to an activating group) is 1. The van der Waals surface area contributed by atoms with Gasteiger partial charge in [0.2, 0.25) is 5.91 Å². The minimum atomic E-state index is -0.887. The summed E-state index contributed by atoms with van der Waals surface area (Å²) in [7, 11) is 1.70. The van der Waals surface area contributed by atoms with Crippen molar-refractivity contribution in [1.82, 2.24) is 10.2 Å². The summed E-state index contributed by atoms with van der Waals surface area (Å²) in [5, 5.41) is 3.28. The lowest BCUT2D eigenvalue weighted by atomic mass is 9.89. The average Bonchev–Trinajstić information content (AvgIpc) is 2.48. The Kier molecular flexibility index (Phi) is 4.61. The molecule has 116 valence electrons. The number of rotatable bonds is 3. The van der Waals surface area contributed by atoms with Crippen LogP contribution in [0.3, 0.4) is 0 Å². The zero-order valence-corrected chi connectivity index (χ0v) is 12.7. The molecule has 1 aliphatic heterocycles. The Morgan fingerprint density at radius 3 is 2.62 bits per heavy atom. The van der Waals surface area contributed by atoms with E-state index in [9.17, 15) is 13.6 Å². The van der Waals surface area contributed by atoms with Gasteiger partial charge in [-0.15, -0.1) is 0 Å². The van der Waals surface area contributed by atoms with Gasteiger partial charge in [0.1, 0.15) is 0 Å². The second-order valence-electron chi connectivity index (χ2n) is 5.98. The second-order valence-corrected chi connectivity index (χ2v) is 5.98. The predicted octanol–water partition coefficient (Wildman–Crippen LogP) is 3.02. The van der Waals surface area contributed by atoms with Crippen molar-refractivity contribution in [3.63, 3.8) is 0 Å². The van der Waals surface area contributed by atoms with Crippen LogP contribution in [0.2, 0.25) is 0 Å². The number of hydrogen-bond acceptors (Lipinski definition) is 2. The van der Waals surface area contributed by atoms with E-state index in [4.69, 9.17) is 0 Å². The molecule has 1 saturated heterocycles. The van der Waals surface area contributed by atoms with Crippen molar-refractivity contribution in [3.05, 3.63) is 35.4 Å².